The van der Waals surface area contributed by atoms with E-state index in [1.165, 1.54) is 0 Å². The molecule has 0 spiro atoms. The fraction of sp³-hybridized carbons (Fsp3) is 0.312. The second-order valence-corrected chi connectivity index (χ2v) is 5.04. The highest BCUT2D eigenvalue weighted by Gasteiger charge is 2.28. The summed E-state index contributed by atoms with van der Waals surface area (Å²) >= 11 is 0. The first-order valence-corrected chi connectivity index (χ1v) is 6.72. The molecule has 1 heterocycles. The molecule has 1 saturated carbocycles. The number of carbonyl (C=O) groups is 1. The van der Waals surface area contributed by atoms with Crippen LogP contribution in [0.1, 0.15) is 29.6 Å². The molecule has 1 aliphatic carbocycles. The van der Waals surface area contributed by atoms with Crippen molar-refractivity contribution in [2.24, 2.45) is 5.92 Å². The molecule has 4 nitrogen and oxygen atoms in total. The lowest BCUT2D eigenvalue weighted by atomic mass is 10.1. The van der Waals surface area contributed by atoms with Gasteiger partial charge in [-0.05, 0) is 31.0 Å². The molecule has 20 heavy (non-hydrogen) atoms. The highest BCUT2D eigenvalue weighted by molar-refractivity contribution is 6.03. The predicted octanol–water partition coefficient (Wildman–Crippen LogP) is 3.08. The predicted molar refractivity (Wildman–Crippen MR) is 73.9 cm³/mol. The van der Waals surface area contributed by atoms with Gasteiger partial charge in [0.25, 0.3) is 0 Å². The summed E-state index contributed by atoms with van der Waals surface area (Å²) in [5.74, 6) is -0.311. The molecule has 0 bridgehead atoms. The molecule has 0 aliphatic heterocycles. The molecular formula is C16H14N2O2. The van der Waals surface area contributed by atoms with Gasteiger partial charge < -0.3 is 4.74 Å². The molecule has 2 aromatic rings. The number of hydrogen-bond donors (Lipinski definition) is 0. The van der Waals surface area contributed by atoms with Crippen LogP contribution in [0.4, 0.5) is 0 Å². The summed E-state index contributed by atoms with van der Waals surface area (Å²) < 4.78 is 5.52. The van der Waals surface area contributed by atoms with Crippen molar-refractivity contribution in [3.05, 3.63) is 42.1 Å². The first-order valence-electron chi connectivity index (χ1n) is 6.72. The number of nitriles is 1. The number of pyridine rings is 1. The molecule has 0 unspecified atom stereocenters. The lowest BCUT2D eigenvalue weighted by Gasteiger charge is -2.12. The molecule has 0 N–H and O–H groups in total. The van der Waals surface area contributed by atoms with Gasteiger partial charge in [-0.3, -0.25) is 4.98 Å². The molecule has 2 atom stereocenters. The second-order valence-electron chi connectivity index (χ2n) is 5.04. The van der Waals surface area contributed by atoms with Crippen molar-refractivity contribution in [1.29, 1.82) is 5.26 Å². The zero-order valence-corrected chi connectivity index (χ0v) is 11.0. The van der Waals surface area contributed by atoms with Gasteiger partial charge in [0.15, 0.2) is 0 Å². The molecule has 3 rings (SSSR count). The van der Waals surface area contributed by atoms with Crippen molar-refractivity contribution in [1.82, 2.24) is 4.98 Å². The van der Waals surface area contributed by atoms with Crippen LogP contribution in [0.15, 0.2) is 36.5 Å². The van der Waals surface area contributed by atoms with Gasteiger partial charge in [0, 0.05) is 23.9 Å². The third-order valence-corrected chi connectivity index (χ3v) is 3.71. The highest BCUT2D eigenvalue weighted by atomic mass is 16.5. The maximum Gasteiger partial charge on any atom is 0.339 e. The Morgan fingerprint density at radius 3 is 3.00 bits per heavy atom. The van der Waals surface area contributed by atoms with Crippen LogP contribution in [0.2, 0.25) is 0 Å². The average Bonchev–Trinajstić information content (AvgIpc) is 2.94. The van der Waals surface area contributed by atoms with Gasteiger partial charge in [0.2, 0.25) is 0 Å². The van der Waals surface area contributed by atoms with Crippen LogP contribution in [0.25, 0.3) is 10.9 Å². The van der Waals surface area contributed by atoms with Gasteiger partial charge in [0.05, 0.1) is 17.1 Å². The molecule has 0 saturated heterocycles. The number of esters is 1. The topological polar surface area (TPSA) is 63.0 Å². The van der Waals surface area contributed by atoms with E-state index >= 15 is 0 Å². The summed E-state index contributed by atoms with van der Waals surface area (Å²) in [6.45, 7) is 0. The summed E-state index contributed by atoms with van der Waals surface area (Å²) in [6.07, 6.45) is 3.79. The second kappa shape index (κ2) is 5.30. The number of fused-ring (bicyclic) bond motifs is 1. The van der Waals surface area contributed by atoms with Crippen molar-refractivity contribution >= 4 is 16.9 Å². The third kappa shape index (κ3) is 2.35. The number of benzene rings is 1. The van der Waals surface area contributed by atoms with Crippen LogP contribution in [0.5, 0.6) is 0 Å². The van der Waals surface area contributed by atoms with Gasteiger partial charge in [-0.25, -0.2) is 4.79 Å². The monoisotopic (exact) mass is 266 g/mol. The highest BCUT2D eigenvalue weighted by Crippen LogP contribution is 2.28. The van der Waals surface area contributed by atoms with Gasteiger partial charge in [-0.15, -0.1) is 0 Å². The zero-order valence-electron chi connectivity index (χ0n) is 11.0. The Kier molecular flexibility index (Phi) is 3.34. The summed E-state index contributed by atoms with van der Waals surface area (Å²) in [4.78, 5) is 16.5. The maximum absolute atomic E-state index is 12.3. The van der Waals surface area contributed by atoms with Crippen molar-refractivity contribution in [3.8, 4) is 6.07 Å². The largest absolute Gasteiger partial charge is 0.459 e. The quantitative estimate of drug-likeness (QED) is 0.783. The van der Waals surface area contributed by atoms with E-state index in [1.807, 2.05) is 12.1 Å². The minimum absolute atomic E-state index is 0.0157. The Balaban J connectivity index is 1.81. The van der Waals surface area contributed by atoms with Crippen molar-refractivity contribution in [2.75, 3.05) is 0 Å². The van der Waals surface area contributed by atoms with E-state index in [9.17, 15) is 4.79 Å². The number of carbonyl (C=O) groups excluding carboxylic acids is 1. The van der Waals surface area contributed by atoms with Crippen molar-refractivity contribution in [2.45, 2.75) is 25.4 Å². The first kappa shape index (κ1) is 12.6. The number of nitrogens with zero attached hydrogens (tertiary/aromatic N) is 2. The molecule has 1 aliphatic rings. The summed E-state index contributed by atoms with van der Waals surface area (Å²) in [6, 6.07) is 11.3. The van der Waals surface area contributed by atoms with Crippen LogP contribution in [-0.4, -0.2) is 17.1 Å². The van der Waals surface area contributed by atoms with Crippen molar-refractivity contribution < 1.29 is 9.53 Å². The molecule has 0 amide bonds. The smallest absolute Gasteiger partial charge is 0.339 e. The molecule has 1 aromatic heterocycles. The normalized spacial score (nSPS) is 21.6. The molecule has 100 valence electrons. The Morgan fingerprint density at radius 1 is 1.30 bits per heavy atom. The Bertz CT molecular complexity index is 685. The van der Waals surface area contributed by atoms with E-state index in [4.69, 9.17) is 10.00 Å². The number of rotatable bonds is 2. The minimum Gasteiger partial charge on any atom is -0.459 e. The zero-order chi connectivity index (χ0) is 13.9. The van der Waals surface area contributed by atoms with E-state index in [1.54, 1.807) is 24.4 Å². The Hall–Kier alpha value is -2.41. The Morgan fingerprint density at radius 2 is 2.20 bits per heavy atom. The van der Waals surface area contributed by atoms with Gasteiger partial charge in [0.1, 0.15) is 6.10 Å². The number of hydrogen-bond acceptors (Lipinski definition) is 4. The van der Waals surface area contributed by atoms with E-state index in [0.29, 0.717) is 12.0 Å². The first-order chi connectivity index (χ1) is 9.78. The average molecular weight is 266 g/mol. The van der Waals surface area contributed by atoms with Gasteiger partial charge in [-0.1, -0.05) is 12.1 Å². The van der Waals surface area contributed by atoms with E-state index in [2.05, 4.69) is 11.1 Å². The summed E-state index contributed by atoms with van der Waals surface area (Å²) in [5.41, 5.74) is 1.32. The van der Waals surface area contributed by atoms with Crippen LogP contribution >= 0.6 is 0 Å². The maximum atomic E-state index is 12.3. The molecular weight excluding hydrogens is 252 g/mol. The fourth-order valence-corrected chi connectivity index (χ4v) is 2.66. The SMILES string of the molecule is N#C[C@@H]1CC[C@@H](OC(=O)c2cccc3ncccc23)C1. The fourth-order valence-electron chi connectivity index (χ4n) is 2.66. The molecule has 1 aromatic carbocycles. The lowest BCUT2D eigenvalue weighted by Crippen LogP contribution is -2.15. The van der Waals surface area contributed by atoms with E-state index in [-0.39, 0.29) is 18.0 Å². The van der Waals surface area contributed by atoms with E-state index in [0.717, 1.165) is 23.7 Å². The van der Waals surface area contributed by atoms with Gasteiger partial charge >= 0.3 is 5.97 Å². The van der Waals surface area contributed by atoms with E-state index < -0.39 is 0 Å². The van der Waals surface area contributed by atoms with Crippen LogP contribution in [0, 0.1) is 17.2 Å². The van der Waals surface area contributed by atoms with Crippen LogP contribution in [0.3, 0.4) is 0 Å². The van der Waals surface area contributed by atoms with Crippen molar-refractivity contribution in [3.63, 3.8) is 0 Å². The van der Waals surface area contributed by atoms with Gasteiger partial charge in [-0.2, -0.15) is 5.26 Å². The standard InChI is InChI=1S/C16H14N2O2/c17-10-11-6-7-12(9-11)20-16(19)14-3-1-5-15-13(14)4-2-8-18-15/h1-5,8,11-12H,6-7,9H2/t11-,12-/m1/s1. The molecule has 1 fully saturated rings. The van der Waals surface area contributed by atoms with Crippen LogP contribution in [-0.2, 0) is 4.74 Å². The lowest BCUT2D eigenvalue weighted by molar-refractivity contribution is 0.0315. The minimum atomic E-state index is -0.327. The summed E-state index contributed by atoms with van der Waals surface area (Å²) in [7, 11) is 0. The summed E-state index contributed by atoms with van der Waals surface area (Å²) in [5, 5.41) is 9.68. The molecule has 4 heteroatoms. The number of aromatic nitrogens is 1. The van der Waals surface area contributed by atoms with Crippen LogP contribution < -0.4 is 0 Å². The number of ether oxygens (including phenoxy) is 1. The molecule has 0 radical (unpaired) electrons. The third-order valence-electron chi connectivity index (χ3n) is 3.71. The Labute approximate surface area is 117 Å².